The maximum atomic E-state index is 5.86. The standard InChI is InChI=1S/C26H31N5O2S/c1-32-21-10-8-20(9-11-21)30-14-4-7-23(30)25-24(22-6-2-3-12-27-22)28-26(34)31(25)15-5-13-29-16-18-33-19-17-29/h2-4,6-12,14,24-25H,5,13,15-19H2,1H3,(H,28,34)/t24-,25+/m0/s1. The molecule has 2 aliphatic rings. The zero-order valence-electron chi connectivity index (χ0n) is 19.5. The zero-order valence-corrected chi connectivity index (χ0v) is 20.3. The minimum atomic E-state index is -0.0241. The molecular weight excluding hydrogens is 446 g/mol. The van der Waals surface area contributed by atoms with E-state index in [2.05, 4.69) is 61.2 Å². The number of methoxy groups -OCH3 is 1. The zero-order chi connectivity index (χ0) is 23.3. The number of nitrogens with zero attached hydrogens (tertiary/aromatic N) is 4. The number of aromatic nitrogens is 2. The Kier molecular flexibility index (Phi) is 7.08. The van der Waals surface area contributed by atoms with Crippen LogP contribution in [0.2, 0.25) is 0 Å². The van der Waals surface area contributed by atoms with Crippen molar-refractivity contribution in [2.45, 2.75) is 18.5 Å². The minimum absolute atomic E-state index is 0.0241. The lowest BCUT2D eigenvalue weighted by Crippen LogP contribution is -2.39. The fourth-order valence-corrected chi connectivity index (χ4v) is 5.20. The Labute approximate surface area is 206 Å². The summed E-state index contributed by atoms with van der Waals surface area (Å²) in [6.07, 6.45) is 5.00. The lowest BCUT2D eigenvalue weighted by atomic mass is 10.0. The number of nitrogens with one attached hydrogen (secondary N) is 1. The summed E-state index contributed by atoms with van der Waals surface area (Å²) < 4.78 is 13.1. The van der Waals surface area contributed by atoms with Gasteiger partial charge >= 0.3 is 0 Å². The quantitative estimate of drug-likeness (QED) is 0.498. The highest BCUT2D eigenvalue weighted by molar-refractivity contribution is 7.80. The van der Waals surface area contributed by atoms with Gasteiger partial charge in [0, 0.05) is 50.0 Å². The van der Waals surface area contributed by atoms with Gasteiger partial charge in [-0.25, -0.2) is 0 Å². The van der Waals surface area contributed by atoms with Crippen molar-refractivity contribution < 1.29 is 9.47 Å². The van der Waals surface area contributed by atoms with Gasteiger partial charge in [-0.1, -0.05) is 6.07 Å². The van der Waals surface area contributed by atoms with Crippen LogP contribution in [0.15, 0.2) is 67.0 Å². The summed E-state index contributed by atoms with van der Waals surface area (Å²) in [4.78, 5) is 9.48. The first kappa shape index (κ1) is 22.8. The highest BCUT2D eigenvalue weighted by atomic mass is 32.1. The van der Waals surface area contributed by atoms with E-state index in [-0.39, 0.29) is 12.1 Å². The molecule has 0 bridgehead atoms. The molecule has 2 aliphatic heterocycles. The van der Waals surface area contributed by atoms with Crippen LogP contribution < -0.4 is 10.1 Å². The van der Waals surface area contributed by atoms with Crippen LogP contribution >= 0.6 is 12.2 Å². The lowest BCUT2D eigenvalue weighted by molar-refractivity contribution is 0.0365. The predicted octanol–water partition coefficient (Wildman–Crippen LogP) is 3.58. The summed E-state index contributed by atoms with van der Waals surface area (Å²) in [6, 6.07) is 18.5. The third kappa shape index (κ3) is 4.80. The SMILES string of the molecule is COc1ccc(-n2cccc2[C@@H]2[C@H](c3ccccn3)NC(=S)N2CCCN2CCOCC2)cc1. The fraction of sp³-hybridized carbons (Fsp3) is 0.385. The smallest absolute Gasteiger partial charge is 0.170 e. The Bertz CT molecular complexity index is 1080. The molecule has 34 heavy (non-hydrogen) atoms. The molecule has 178 valence electrons. The number of ether oxygens (including phenoxy) is 2. The van der Waals surface area contributed by atoms with Gasteiger partial charge in [0.05, 0.1) is 38.1 Å². The number of hydrogen-bond acceptors (Lipinski definition) is 5. The molecule has 7 nitrogen and oxygen atoms in total. The topological polar surface area (TPSA) is 54.8 Å². The lowest BCUT2D eigenvalue weighted by Gasteiger charge is -2.31. The van der Waals surface area contributed by atoms with Crippen LogP contribution in [0.4, 0.5) is 0 Å². The monoisotopic (exact) mass is 477 g/mol. The van der Waals surface area contributed by atoms with Crippen molar-refractivity contribution in [1.29, 1.82) is 0 Å². The van der Waals surface area contributed by atoms with Crippen molar-refractivity contribution in [3.05, 3.63) is 78.4 Å². The first-order valence-electron chi connectivity index (χ1n) is 11.8. The van der Waals surface area contributed by atoms with E-state index < -0.39 is 0 Å². The maximum Gasteiger partial charge on any atom is 0.170 e. The molecule has 8 heteroatoms. The number of hydrogen-bond donors (Lipinski definition) is 1. The van der Waals surface area contributed by atoms with Crippen molar-refractivity contribution in [1.82, 2.24) is 24.7 Å². The van der Waals surface area contributed by atoms with Gasteiger partial charge in [-0.3, -0.25) is 9.88 Å². The van der Waals surface area contributed by atoms with Gasteiger partial charge in [-0.15, -0.1) is 0 Å². The van der Waals surface area contributed by atoms with Gasteiger partial charge in [0.25, 0.3) is 0 Å². The van der Waals surface area contributed by atoms with E-state index in [1.165, 1.54) is 5.69 Å². The molecule has 5 rings (SSSR count). The Morgan fingerprint density at radius 3 is 2.62 bits per heavy atom. The van der Waals surface area contributed by atoms with Gasteiger partial charge < -0.3 is 24.3 Å². The molecule has 0 spiro atoms. The van der Waals surface area contributed by atoms with E-state index in [9.17, 15) is 0 Å². The summed E-state index contributed by atoms with van der Waals surface area (Å²) in [6.45, 7) is 5.58. The molecule has 1 aromatic carbocycles. The first-order valence-corrected chi connectivity index (χ1v) is 12.3. The van der Waals surface area contributed by atoms with Crippen molar-refractivity contribution in [3.8, 4) is 11.4 Å². The van der Waals surface area contributed by atoms with E-state index in [0.29, 0.717) is 0 Å². The Morgan fingerprint density at radius 2 is 1.88 bits per heavy atom. The number of pyridine rings is 1. The van der Waals surface area contributed by atoms with Crippen LogP contribution in [0, 0.1) is 0 Å². The molecule has 1 N–H and O–H groups in total. The molecule has 2 saturated heterocycles. The molecule has 0 radical (unpaired) electrons. The number of thiocarbonyl (C=S) groups is 1. The summed E-state index contributed by atoms with van der Waals surface area (Å²) >= 11 is 5.86. The van der Waals surface area contributed by atoms with E-state index >= 15 is 0 Å². The van der Waals surface area contributed by atoms with Crippen LogP contribution in [-0.4, -0.2) is 71.0 Å². The van der Waals surface area contributed by atoms with Crippen molar-refractivity contribution >= 4 is 17.3 Å². The normalized spacial score (nSPS) is 21.0. The van der Waals surface area contributed by atoms with Gasteiger partial charge in [-0.2, -0.15) is 0 Å². The molecule has 4 heterocycles. The van der Waals surface area contributed by atoms with Crippen molar-refractivity contribution in [2.75, 3.05) is 46.5 Å². The van der Waals surface area contributed by atoms with E-state index in [1.54, 1.807) is 7.11 Å². The summed E-state index contributed by atoms with van der Waals surface area (Å²) in [5.41, 5.74) is 3.26. The number of benzene rings is 1. The largest absolute Gasteiger partial charge is 0.497 e. The molecule has 0 unspecified atom stereocenters. The van der Waals surface area contributed by atoms with Crippen LogP contribution in [0.25, 0.3) is 5.69 Å². The molecule has 0 aliphatic carbocycles. The Morgan fingerprint density at radius 1 is 1.06 bits per heavy atom. The van der Waals surface area contributed by atoms with Crippen LogP contribution in [-0.2, 0) is 4.74 Å². The summed E-state index contributed by atoms with van der Waals surface area (Å²) in [5.74, 6) is 0.845. The Balaban J connectivity index is 1.43. The van der Waals surface area contributed by atoms with E-state index in [1.807, 2.05) is 30.5 Å². The second kappa shape index (κ2) is 10.5. The van der Waals surface area contributed by atoms with E-state index in [4.69, 9.17) is 21.7 Å². The predicted molar refractivity (Wildman–Crippen MR) is 136 cm³/mol. The van der Waals surface area contributed by atoms with Crippen LogP contribution in [0.5, 0.6) is 5.75 Å². The molecular formula is C26H31N5O2S. The van der Waals surface area contributed by atoms with Gasteiger partial charge in [-0.05, 0) is 67.2 Å². The maximum absolute atomic E-state index is 5.86. The average molecular weight is 478 g/mol. The molecule has 2 fully saturated rings. The van der Waals surface area contributed by atoms with Crippen molar-refractivity contribution in [3.63, 3.8) is 0 Å². The van der Waals surface area contributed by atoms with Gasteiger partial charge in [0.2, 0.25) is 0 Å². The fourth-order valence-electron chi connectivity index (χ4n) is 4.87. The molecule has 3 aromatic rings. The highest BCUT2D eigenvalue weighted by Crippen LogP contribution is 2.39. The first-order chi connectivity index (χ1) is 16.7. The third-order valence-electron chi connectivity index (χ3n) is 6.61. The second-order valence-corrected chi connectivity index (χ2v) is 9.02. The van der Waals surface area contributed by atoms with Gasteiger partial charge in [0.15, 0.2) is 5.11 Å². The highest BCUT2D eigenvalue weighted by Gasteiger charge is 2.41. The second-order valence-electron chi connectivity index (χ2n) is 8.63. The summed E-state index contributed by atoms with van der Waals surface area (Å²) in [5, 5.41) is 4.35. The molecule has 2 atom stereocenters. The van der Waals surface area contributed by atoms with E-state index in [0.717, 1.165) is 68.1 Å². The number of rotatable bonds is 8. The van der Waals surface area contributed by atoms with Crippen molar-refractivity contribution in [2.24, 2.45) is 0 Å². The number of morpholine rings is 1. The average Bonchev–Trinajstić information content (AvgIpc) is 3.50. The summed E-state index contributed by atoms with van der Waals surface area (Å²) in [7, 11) is 1.69. The van der Waals surface area contributed by atoms with Crippen LogP contribution in [0.3, 0.4) is 0 Å². The van der Waals surface area contributed by atoms with Crippen LogP contribution in [0.1, 0.15) is 29.9 Å². The third-order valence-corrected chi connectivity index (χ3v) is 6.96. The van der Waals surface area contributed by atoms with Gasteiger partial charge in [0.1, 0.15) is 5.75 Å². The Hall–Kier alpha value is -2.94. The molecule has 0 amide bonds. The minimum Gasteiger partial charge on any atom is -0.497 e. The molecule has 0 saturated carbocycles. The molecule has 2 aromatic heterocycles.